The number of nitrogens with zero attached hydrogens (tertiary/aromatic N) is 1. The Morgan fingerprint density at radius 2 is 2.26 bits per heavy atom. The molecular weight excluding hydrogens is 260 g/mol. The van der Waals surface area contributed by atoms with Crippen molar-refractivity contribution in [3.05, 3.63) is 29.8 Å². The highest BCUT2D eigenvalue weighted by Gasteiger charge is 2.32. The van der Waals surface area contributed by atoms with Crippen molar-refractivity contribution in [1.82, 2.24) is 10.2 Å². The molecule has 0 bridgehead atoms. The van der Waals surface area contributed by atoms with Gasteiger partial charge in [0.2, 0.25) is 5.91 Å². The third kappa shape index (κ3) is 3.22. The topological polar surface area (TPSA) is 41.6 Å². The fraction of sp³-hybridized carbons (Fsp3) is 0.500. The molecule has 0 saturated carbocycles. The van der Waals surface area contributed by atoms with Gasteiger partial charge in [-0.15, -0.1) is 0 Å². The number of benzene rings is 1. The molecule has 1 N–H and O–H groups in total. The maximum atomic E-state index is 12.0. The summed E-state index contributed by atoms with van der Waals surface area (Å²) in [5.41, 5.74) is 1.03. The summed E-state index contributed by atoms with van der Waals surface area (Å²) in [7, 11) is 1.66. The maximum absolute atomic E-state index is 12.0. The van der Waals surface area contributed by atoms with Crippen LogP contribution in [0.15, 0.2) is 24.3 Å². The number of hydrogen-bond acceptors (Lipinski definition) is 4. The Hall–Kier alpha value is -1.20. The third-order valence-corrected chi connectivity index (χ3v) is 3.96. The molecule has 1 aliphatic rings. The van der Waals surface area contributed by atoms with E-state index in [0.29, 0.717) is 6.54 Å². The minimum atomic E-state index is -0.0643. The molecule has 1 fully saturated rings. The van der Waals surface area contributed by atoms with Gasteiger partial charge in [0.1, 0.15) is 11.9 Å². The van der Waals surface area contributed by atoms with Crippen molar-refractivity contribution >= 4 is 17.7 Å². The standard InChI is InChI=1S/C14H20N2O2S/c1-18-12-7-4-3-6-11(12)14-15-10-13(17)16(14)8-5-9-19-2/h3-4,6-7,14-15H,5,8-10H2,1-2H3. The third-order valence-electron chi connectivity index (χ3n) is 3.26. The Kier molecular flexibility index (Phi) is 5.10. The van der Waals surface area contributed by atoms with Crippen LogP contribution in [-0.4, -0.2) is 43.0 Å². The van der Waals surface area contributed by atoms with Gasteiger partial charge in [-0.05, 0) is 24.5 Å². The lowest BCUT2D eigenvalue weighted by molar-refractivity contribution is -0.128. The zero-order valence-electron chi connectivity index (χ0n) is 11.4. The number of carbonyl (C=O) groups excluding carboxylic acids is 1. The second-order valence-electron chi connectivity index (χ2n) is 4.46. The van der Waals surface area contributed by atoms with Gasteiger partial charge in [0.05, 0.1) is 13.7 Å². The van der Waals surface area contributed by atoms with Crippen molar-refractivity contribution in [1.29, 1.82) is 0 Å². The van der Waals surface area contributed by atoms with Gasteiger partial charge < -0.3 is 9.64 Å². The highest BCUT2D eigenvalue weighted by molar-refractivity contribution is 7.98. The number of hydrogen-bond donors (Lipinski definition) is 1. The predicted octanol–water partition coefficient (Wildman–Crippen LogP) is 1.88. The molecule has 1 atom stereocenters. The number of methoxy groups -OCH3 is 1. The van der Waals surface area contributed by atoms with Gasteiger partial charge in [-0.3, -0.25) is 10.1 Å². The summed E-state index contributed by atoms with van der Waals surface area (Å²) >= 11 is 1.81. The SMILES string of the molecule is COc1ccccc1C1NCC(=O)N1CCCSC. The first kappa shape index (κ1) is 14.2. The molecule has 1 aliphatic heterocycles. The molecule has 0 aliphatic carbocycles. The quantitative estimate of drug-likeness (QED) is 0.808. The van der Waals surface area contributed by atoms with E-state index in [-0.39, 0.29) is 12.1 Å². The van der Waals surface area contributed by atoms with E-state index in [4.69, 9.17) is 4.74 Å². The van der Waals surface area contributed by atoms with Crippen molar-refractivity contribution in [3.63, 3.8) is 0 Å². The number of thioether (sulfide) groups is 1. The first-order valence-corrected chi connectivity index (χ1v) is 7.82. The molecule has 19 heavy (non-hydrogen) atoms. The summed E-state index contributed by atoms with van der Waals surface area (Å²) < 4.78 is 5.38. The zero-order valence-corrected chi connectivity index (χ0v) is 12.2. The van der Waals surface area contributed by atoms with Gasteiger partial charge in [-0.2, -0.15) is 11.8 Å². The van der Waals surface area contributed by atoms with Gasteiger partial charge in [-0.1, -0.05) is 18.2 Å². The van der Waals surface area contributed by atoms with Crippen LogP contribution in [0.25, 0.3) is 0 Å². The second kappa shape index (κ2) is 6.82. The first-order valence-electron chi connectivity index (χ1n) is 6.42. The van der Waals surface area contributed by atoms with Gasteiger partial charge in [0.15, 0.2) is 0 Å². The van der Waals surface area contributed by atoms with Gasteiger partial charge >= 0.3 is 0 Å². The molecule has 5 heteroatoms. The van der Waals surface area contributed by atoms with Crippen molar-refractivity contribution in [2.75, 3.05) is 32.2 Å². The summed E-state index contributed by atoms with van der Waals surface area (Å²) in [5.74, 6) is 2.06. The number of nitrogens with one attached hydrogen (secondary N) is 1. The van der Waals surface area contributed by atoms with Crippen LogP contribution in [0.3, 0.4) is 0 Å². The number of carbonyl (C=O) groups is 1. The number of ether oxygens (including phenoxy) is 1. The van der Waals surface area contributed by atoms with E-state index in [9.17, 15) is 4.79 Å². The maximum Gasteiger partial charge on any atom is 0.238 e. The van der Waals surface area contributed by atoms with E-state index in [0.717, 1.165) is 30.0 Å². The molecule has 4 nitrogen and oxygen atoms in total. The lowest BCUT2D eigenvalue weighted by Crippen LogP contribution is -2.31. The second-order valence-corrected chi connectivity index (χ2v) is 5.44. The number of amides is 1. The fourth-order valence-electron chi connectivity index (χ4n) is 2.34. The molecule has 0 radical (unpaired) electrons. The van der Waals surface area contributed by atoms with Crippen LogP contribution in [0, 0.1) is 0 Å². The minimum absolute atomic E-state index is 0.0643. The summed E-state index contributed by atoms with van der Waals surface area (Å²) in [6, 6.07) is 7.86. The predicted molar refractivity (Wildman–Crippen MR) is 78.4 cm³/mol. The van der Waals surface area contributed by atoms with Crippen molar-refractivity contribution in [3.8, 4) is 5.75 Å². The molecule has 0 aromatic heterocycles. The monoisotopic (exact) mass is 280 g/mol. The molecule has 104 valence electrons. The van der Waals surface area contributed by atoms with E-state index in [1.807, 2.05) is 40.9 Å². The average molecular weight is 280 g/mol. The van der Waals surface area contributed by atoms with E-state index in [1.165, 1.54) is 0 Å². The van der Waals surface area contributed by atoms with Crippen molar-refractivity contribution in [2.45, 2.75) is 12.6 Å². The molecule has 0 spiro atoms. The summed E-state index contributed by atoms with van der Waals surface area (Å²) in [5, 5.41) is 3.26. The summed E-state index contributed by atoms with van der Waals surface area (Å²) in [6.45, 7) is 1.19. The van der Waals surface area contributed by atoms with E-state index >= 15 is 0 Å². The molecular formula is C14H20N2O2S. The molecule has 2 rings (SSSR count). The van der Waals surface area contributed by atoms with Crippen LogP contribution in [0.2, 0.25) is 0 Å². The van der Waals surface area contributed by atoms with Crippen LogP contribution < -0.4 is 10.1 Å². The van der Waals surface area contributed by atoms with Gasteiger partial charge in [-0.25, -0.2) is 0 Å². The van der Waals surface area contributed by atoms with Crippen LogP contribution >= 0.6 is 11.8 Å². The van der Waals surface area contributed by atoms with E-state index in [1.54, 1.807) is 7.11 Å². The lowest BCUT2D eigenvalue weighted by Gasteiger charge is -2.25. The minimum Gasteiger partial charge on any atom is -0.496 e. The van der Waals surface area contributed by atoms with Gasteiger partial charge in [0, 0.05) is 12.1 Å². The molecule has 1 heterocycles. The highest BCUT2D eigenvalue weighted by Crippen LogP contribution is 2.30. The largest absolute Gasteiger partial charge is 0.496 e. The van der Waals surface area contributed by atoms with E-state index in [2.05, 4.69) is 11.6 Å². The van der Waals surface area contributed by atoms with Crippen LogP contribution in [0.4, 0.5) is 0 Å². The van der Waals surface area contributed by atoms with Crippen LogP contribution in [-0.2, 0) is 4.79 Å². The first-order chi connectivity index (χ1) is 9.27. The molecule has 1 aromatic carbocycles. The number of para-hydroxylation sites is 1. The lowest BCUT2D eigenvalue weighted by atomic mass is 10.1. The normalized spacial score (nSPS) is 18.9. The van der Waals surface area contributed by atoms with Crippen LogP contribution in [0.1, 0.15) is 18.2 Å². The number of rotatable bonds is 6. The Morgan fingerprint density at radius 1 is 1.47 bits per heavy atom. The molecule has 1 aromatic rings. The van der Waals surface area contributed by atoms with E-state index < -0.39 is 0 Å². The van der Waals surface area contributed by atoms with Crippen LogP contribution in [0.5, 0.6) is 5.75 Å². The van der Waals surface area contributed by atoms with Gasteiger partial charge in [0.25, 0.3) is 0 Å². The Balaban J connectivity index is 2.15. The Labute approximate surface area is 118 Å². The summed E-state index contributed by atoms with van der Waals surface area (Å²) in [6.07, 6.45) is 3.03. The fourth-order valence-corrected chi connectivity index (χ4v) is 2.76. The molecule has 1 unspecified atom stereocenters. The Bertz CT molecular complexity index is 439. The Morgan fingerprint density at radius 3 is 3.00 bits per heavy atom. The molecule has 1 saturated heterocycles. The highest BCUT2D eigenvalue weighted by atomic mass is 32.2. The smallest absolute Gasteiger partial charge is 0.238 e. The molecule has 1 amide bonds. The zero-order chi connectivity index (χ0) is 13.7. The van der Waals surface area contributed by atoms with Crippen molar-refractivity contribution < 1.29 is 9.53 Å². The summed E-state index contributed by atoms with van der Waals surface area (Å²) in [4.78, 5) is 13.9. The average Bonchev–Trinajstić information content (AvgIpc) is 2.80. The van der Waals surface area contributed by atoms with Crippen molar-refractivity contribution in [2.24, 2.45) is 0 Å².